The van der Waals surface area contributed by atoms with Crippen LogP contribution in [0.5, 0.6) is 5.75 Å². The lowest BCUT2D eigenvalue weighted by Crippen LogP contribution is -2.33. The van der Waals surface area contributed by atoms with E-state index in [0.29, 0.717) is 12.3 Å². The van der Waals surface area contributed by atoms with E-state index < -0.39 is 6.10 Å². The van der Waals surface area contributed by atoms with Crippen LogP contribution in [0.3, 0.4) is 0 Å². The summed E-state index contributed by atoms with van der Waals surface area (Å²) in [4.78, 5) is 2.00. The van der Waals surface area contributed by atoms with Gasteiger partial charge in [0.1, 0.15) is 5.75 Å². The number of aliphatic hydroxyl groups excluding tert-OH is 2. The van der Waals surface area contributed by atoms with E-state index in [-0.39, 0.29) is 6.61 Å². The summed E-state index contributed by atoms with van der Waals surface area (Å²) in [6.07, 6.45) is 0.0631. The average Bonchev–Trinajstić information content (AvgIpc) is 2.61. The molecule has 0 radical (unpaired) electrons. The molecule has 0 bridgehead atoms. The van der Waals surface area contributed by atoms with E-state index in [2.05, 4.69) is 0 Å². The number of β-amino-alcohol motifs (C(OH)–C–C–N with tert-alkyl or cyclic N) is 1. The molecule has 1 atom stereocenters. The number of benzene rings is 1. The summed E-state index contributed by atoms with van der Waals surface area (Å²) in [5.41, 5.74) is 2.92. The third kappa shape index (κ3) is 1.99. The van der Waals surface area contributed by atoms with Crippen molar-refractivity contribution in [2.24, 2.45) is 0 Å². The molecule has 1 aliphatic heterocycles. The highest BCUT2D eigenvalue weighted by molar-refractivity contribution is 5.64. The summed E-state index contributed by atoms with van der Waals surface area (Å²) < 4.78 is 0. The van der Waals surface area contributed by atoms with Crippen molar-refractivity contribution in [2.75, 3.05) is 24.6 Å². The summed E-state index contributed by atoms with van der Waals surface area (Å²) in [5.74, 6) is 0.330. The predicted octanol–water partition coefficient (Wildman–Crippen LogP) is 0.416. The van der Waals surface area contributed by atoms with Gasteiger partial charge in [0.15, 0.2) is 0 Å². The highest BCUT2D eigenvalue weighted by Gasteiger charge is 2.23. The highest BCUT2D eigenvalue weighted by Crippen LogP contribution is 2.35. The zero-order chi connectivity index (χ0) is 11.7. The molecule has 0 saturated carbocycles. The van der Waals surface area contributed by atoms with Crippen molar-refractivity contribution in [1.82, 2.24) is 0 Å². The molecule has 0 amide bonds. The molecule has 3 N–H and O–H groups in total. The van der Waals surface area contributed by atoms with E-state index in [1.165, 1.54) is 0 Å². The zero-order valence-corrected chi connectivity index (χ0v) is 9.35. The van der Waals surface area contributed by atoms with Gasteiger partial charge in [-0.2, -0.15) is 0 Å². The smallest absolute Gasteiger partial charge is 0.121 e. The van der Waals surface area contributed by atoms with Gasteiger partial charge >= 0.3 is 0 Å². The van der Waals surface area contributed by atoms with Gasteiger partial charge in [-0.25, -0.2) is 0 Å². The molecule has 1 heterocycles. The van der Waals surface area contributed by atoms with E-state index in [1.54, 1.807) is 6.07 Å². The number of phenols is 1. The van der Waals surface area contributed by atoms with Gasteiger partial charge in [-0.3, -0.25) is 0 Å². The van der Waals surface area contributed by atoms with Crippen LogP contribution in [0, 0.1) is 6.92 Å². The Morgan fingerprint density at radius 2 is 2.19 bits per heavy atom. The molecule has 1 unspecified atom stereocenters. The third-order valence-electron chi connectivity index (χ3n) is 2.96. The minimum atomic E-state index is -0.728. The van der Waals surface area contributed by atoms with Crippen molar-refractivity contribution in [1.29, 1.82) is 0 Å². The normalized spacial score (nSPS) is 16.3. The maximum absolute atomic E-state index is 9.78. The molecule has 0 saturated heterocycles. The first-order chi connectivity index (χ1) is 7.61. The molecule has 88 valence electrons. The maximum atomic E-state index is 9.78. The van der Waals surface area contributed by atoms with Crippen LogP contribution in [0.1, 0.15) is 11.1 Å². The molecule has 1 aliphatic rings. The fraction of sp³-hybridized carbons (Fsp3) is 0.500. The molecule has 0 spiro atoms. The van der Waals surface area contributed by atoms with Crippen LogP contribution in [0.25, 0.3) is 0 Å². The Hall–Kier alpha value is -1.26. The molecule has 2 rings (SSSR count). The van der Waals surface area contributed by atoms with E-state index in [4.69, 9.17) is 5.11 Å². The van der Waals surface area contributed by atoms with Gasteiger partial charge in [0.05, 0.1) is 12.7 Å². The molecule has 4 heteroatoms. The van der Waals surface area contributed by atoms with Crippen molar-refractivity contribution in [3.63, 3.8) is 0 Å². The number of hydrogen-bond donors (Lipinski definition) is 3. The first kappa shape index (κ1) is 11.2. The Bertz CT molecular complexity index is 392. The third-order valence-corrected chi connectivity index (χ3v) is 2.96. The lowest BCUT2D eigenvalue weighted by Gasteiger charge is -2.22. The van der Waals surface area contributed by atoms with Gasteiger partial charge in [0, 0.05) is 24.3 Å². The number of anilines is 1. The summed E-state index contributed by atoms with van der Waals surface area (Å²) in [6, 6.07) is 3.76. The number of rotatable bonds is 3. The van der Waals surface area contributed by atoms with Crippen molar-refractivity contribution < 1.29 is 15.3 Å². The van der Waals surface area contributed by atoms with Crippen LogP contribution >= 0.6 is 0 Å². The summed E-state index contributed by atoms with van der Waals surface area (Å²) in [6.45, 7) is 2.89. The largest absolute Gasteiger partial charge is 0.508 e. The standard InChI is InChI=1S/C12H17NO3/c1-8-4-11-10(12(16)5-8)2-3-13(11)6-9(15)7-14/h4-5,9,14-16H,2-3,6-7H2,1H3. The Balaban J connectivity index is 2.25. The number of nitrogens with zero attached hydrogens (tertiary/aromatic N) is 1. The zero-order valence-electron chi connectivity index (χ0n) is 9.35. The van der Waals surface area contributed by atoms with Gasteiger partial charge < -0.3 is 20.2 Å². The second-order valence-corrected chi connectivity index (χ2v) is 4.31. The van der Waals surface area contributed by atoms with Gasteiger partial charge in [-0.15, -0.1) is 0 Å². The van der Waals surface area contributed by atoms with Gasteiger partial charge in [0.25, 0.3) is 0 Å². The van der Waals surface area contributed by atoms with Crippen LogP contribution < -0.4 is 4.90 Å². The van der Waals surface area contributed by atoms with Gasteiger partial charge in [0.2, 0.25) is 0 Å². The average molecular weight is 223 g/mol. The molecule has 0 fully saturated rings. The van der Waals surface area contributed by atoms with Crippen LogP contribution in [-0.4, -0.2) is 41.1 Å². The number of hydrogen-bond acceptors (Lipinski definition) is 4. The minimum Gasteiger partial charge on any atom is -0.508 e. The fourth-order valence-corrected chi connectivity index (χ4v) is 2.19. The van der Waals surface area contributed by atoms with Gasteiger partial charge in [-0.1, -0.05) is 0 Å². The summed E-state index contributed by atoms with van der Waals surface area (Å²) in [5, 5.41) is 28.0. The minimum absolute atomic E-state index is 0.233. The number of fused-ring (bicyclic) bond motifs is 1. The number of aryl methyl sites for hydroxylation is 1. The van der Waals surface area contributed by atoms with E-state index in [9.17, 15) is 10.2 Å². The molecule has 0 aromatic heterocycles. The van der Waals surface area contributed by atoms with Gasteiger partial charge in [-0.05, 0) is 31.0 Å². The van der Waals surface area contributed by atoms with Crippen LogP contribution in [-0.2, 0) is 6.42 Å². The van der Waals surface area contributed by atoms with E-state index in [1.807, 2.05) is 17.9 Å². The number of aromatic hydroxyl groups is 1. The highest BCUT2D eigenvalue weighted by atomic mass is 16.3. The molecule has 1 aromatic carbocycles. The molecule has 4 nitrogen and oxygen atoms in total. The number of aliphatic hydroxyl groups is 2. The maximum Gasteiger partial charge on any atom is 0.121 e. The van der Waals surface area contributed by atoms with Crippen molar-refractivity contribution >= 4 is 5.69 Å². The topological polar surface area (TPSA) is 63.9 Å². The second kappa shape index (κ2) is 4.31. The monoisotopic (exact) mass is 223 g/mol. The Labute approximate surface area is 94.8 Å². The fourth-order valence-electron chi connectivity index (χ4n) is 2.19. The van der Waals surface area contributed by atoms with Crippen LogP contribution in [0.15, 0.2) is 12.1 Å². The lowest BCUT2D eigenvalue weighted by molar-refractivity contribution is 0.100. The van der Waals surface area contributed by atoms with Crippen molar-refractivity contribution in [3.8, 4) is 5.75 Å². The summed E-state index contributed by atoms with van der Waals surface area (Å²) >= 11 is 0. The Kier molecular flexibility index (Phi) is 3.03. The molecular weight excluding hydrogens is 206 g/mol. The van der Waals surface area contributed by atoms with Crippen LogP contribution in [0.4, 0.5) is 5.69 Å². The quantitative estimate of drug-likeness (QED) is 0.694. The van der Waals surface area contributed by atoms with Crippen molar-refractivity contribution in [2.45, 2.75) is 19.4 Å². The summed E-state index contributed by atoms with van der Waals surface area (Å²) in [7, 11) is 0. The molecule has 1 aromatic rings. The van der Waals surface area contributed by atoms with Crippen LogP contribution in [0.2, 0.25) is 0 Å². The van der Waals surface area contributed by atoms with E-state index >= 15 is 0 Å². The Morgan fingerprint density at radius 1 is 1.44 bits per heavy atom. The lowest BCUT2D eigenvalue weighted by atomic mass is 10.1. The molecule has 0 aliphatic carbocycles. The first-order valence-electron chi connectivity index (χ1n) is 5.48. The number of phenolic OH excluding ortho intramolecular Hbond substituents is 1. The molecular formula is C12H17NO3. The van der Waals surface area contributed by atoms with E-state index in [0.717, 1.165) is 29.8 Å². The second-order valence-electron chi connectivity index (χ2n) is 4.31. The van der Waals surface area contributed by atoms with Crippen molar-refractivity contribution in [3.05, 3.63) is 23.3 Å². The SMILES string of the molecule is Cc1cc(O)c2c(c1)N(CC(O)CO)CC2. The first-order valence-corrected chi connectivity index (χ1v) is 5.48. The molecule has 16 heavy (non-hydrogen) atoms. The predicted molar refractivity (Wildman–Crippen MR) is 61.9 cm³/mol. The Morgan fingerprint density at radius 3 is 2.88 bits per heavy atom.